The third kappa shape index (κ3) is 2.95. The van der Waals surface area contributed by atoms with E-state index in [1.807, 2.05) is 0 Å². The lowest BCUT2D eigenvalue weighted by Gasteiger charge is -2.09. The van der Waals surface area contributed by atoms with Gasteiger partial charge < -0.3 is 10.2 Å². The number of nitrogens with zero attached hydrogens (tertiary/aromatic N) is 3. The van der Waals surface area contributed by atoms with Gasteiger partial charge in [0.05, 0.1) is 4.92 Å². The first kappa shape index (κ1) is 14.4. The summed E-state index contributed by atoms with van der Waals surface area (Å²) < 4.78 is 5.74. The van der Waals surface area contributed by atoms with Crippen molar-refractivity contribution in [1.82, 2.24) is 9.97 Å². The van der Waals surface area contributed by atoms with Crippen LogP contribution in [0.2, 0.25) is 5.02 Å². The van der Waals surface area contributed by atoms with E-state index in [-0.39, 0.29) is 23.1 Å². The highest BCUT2D eigenvalue weighted by atomic mass is 79.9. The van der Waals surface area contributed by atoms with E-state index in [9.17, 15) is 10.1 Å². The molecule has 0 unspecified atom stereocenters. The standard InChI is InChI=1S/C10H7BrClN5O3/c11-8-9(16-13)14-4-15-10(8)20-7-3-5(12)1-2-6(7)17(18)19/h1-4H,13H2,(H,14,15,16). The molecule has 0 spiro atoms. The second kappa shape index (κ2) is 5.99. The summed E-state index contributed by atoms with van der Waals surface area (Å²) >= 11 is 8.99. The number of hydrazine groups is 1. The van der Waals surface area contributed by atoms with Gasteiger partial charge in [0.2, 0.25) is 11.6 Å². The van der Waals surface area contributed by atoms with Crippen molar-refractivity contribution in [1.29, 1.82) is 0 Å². The van der Waals surface area contributed by atoms with E-state index in [0.29, 0.717) is 9.50 Å². The zero-order chi connectivity index (χ0) is 14.7. The van der Waals surface area contributed by atoms with Gasteiger partial charge in [0.1, 0.15) is 10.8 Å². The zero-order valence-electron chi connectivity index (χ0n) is 9.71. The van der Waals surface area contributed by atoms with Crippen molar-refractivity contribution in [3.05, 3.63) is 44.1 Å². The quantitative estimate of drug-likeness (QED) is 0.489. The molecule has 0 atom stereocenters. The first-order chi connectivity index (χ1) is 9.52. The number of nitrogen functional groups attached to an aromatic ring is 1. The smallest absolute Gasteiger partial charge is 0.311 e. The molecule has 0 aliphatic carbocycles. The molecule has 8 nitrogen and oxygen atoms in total. The lowest BCUT2D eigenvalue weighted by atomic mass is 10.3. The summed E-state index contributed by atoms with van der Waals surface area (Å²) in [4.78, 5) is 18.1. The first-order valence-corrected chi connectivity index (χ1v) is 6.29. The van der Waals surface area contributed by atoms with Gasteiger partial charge in [0.25, 0.3) is 0 Å². The molecular weight excluding hydrogens is 353 g/mol. The number of aromatic nitrogens is 2. The van der Waals surface area contributed by atoms with Crippen LogP contribution in [0.5, 0.6) is 11.6 Å². The van der Waals surface area contributed by atoms with Crippen LogP contribution in [0.3, 0.4) is 0 Å². The second-order valence-electron chi connectivity index (χ2n) is 3.46. The van der Waals surface area contributed by atoms with Crippen molar-refractivity contribution in [3.63, 3.8) is 0 Å². The van der Waals surface area contributed by atoms with E-state index >= 15 is 0 Å². The number of nitrogens with one attached hydrogen (secondary N) is 1. The van der Waals surface area contributed by atoms with Gasteiger partial charge in [-0.3, -0.25) is 10.1 Å². The second-order valence-corrected chi connectivity index (χ2v) is 4.69. The van der Waals surface area contributed by atoms with E-state index in [0.717, 1.165) is 0 Å². The number of halogens is 2. The van der Waals surface area contributed by atoms with Gasteiger partial charge in [-0.15, -0.1) is 0 Å². The molecule has 1 aromatic heterocycles. The zero-order valence-corrected chi connectivity index (χ0v) is 12.1. The minimum absolute atomic E-state index is 0.0372. The summed E-state index contributed by atoms with van der Waals surface area (Å²) in [7, 11) is 0. The normalized spacial score (nSPS) is 10.2. The summed E-state index contributed by atoms with van der Waals surface area (Å²) in [5.74, 6) is 5.57. The molecule has 0 aliphatic rings. The number of ether oxygens (including phenoxy) is 1. The van der Waals surface area contributed by atoms with E-state index < -0.39 is 4.92 Å². The molecule has 2 aromatic rings. The van der Waals surface area contributed by atoms with Gasteiger partial charge in [-0.25, -0.2) is 15.8 Å². The maximum Gasteiger partial charge on any atom is 0.311 e. The number of benzene rings is 1. The Kier molecular flexibility index (Phi) is 4.32. The van der Waals surface area contributed by atoms with E-state index in [2.05, 4.69) is 31.3 Å². The summed E-state index contributed by atoms with van der Waals surface area (Å²) in [6.07, 6.45) is 1.20. The minimum atomic E-state index is -0.581. The van der Waals surface area contributed by atoms with E-state index in [1.54, 1.807) is 0 Å². The van der Waals surface area contributed by atoms with Crippen molar-refractivity contribution >= 4 is 39.0 Å². The fourth-order valence-electron chi connectivity index (χ4n) is 1.35. The molecule has 0 saturated carbocycles. The summed E-state index contributed by atoms with van der Waals surface area (Å²) in [5, 5.41) is 11.2. The molecule has 0 fully saturated rings. The Balaban J connectivity index is 2.44. The fraction of sp³-hybridized carbons (Fsp3) is 0. The van der Waals surface area contributed by atoms with Crippen molar-refractivity contribution in [2.75, 3.05) is 5.43 Å². The molecule has 0 saturated heterocycles. The number of anilines is 1. The Morgan fingerprint density at radius 1 is 1.45 bits per heavy atom. The number of nitro groups is 1. The molecule has 1 aromatic carbocycles. The third-order valence-electron chi connectivity index (χ3n) is 2.22. The molecule has 104 valence electrons. The predicted octanol–water partition coefficient (Wildman–Crippen LogP) is 2.88. The van der Waals surface area contributed by atoms with Crippen LogP contribution in [-0.4, -0.2) is 14.9 Å². The Morgan fingerprint density at radius 2 is 2.20 bits per heavy atom. The molecule has 2 rings (SSSR count). The maximum absolute atomic E-state index is 10.9. The molecule has 10 heteroatoms. The Morgan fingerprint density at radius 3 is 2.85 bits per heavy atom. The highest BCUT2D eigenvalue weighted by molar-refractivity contribution is 9.10. The minimum Gasteiger partial charge on any atom is -0.430 e. The number of rotatable bonds is 4. The summed E-state index contributed by atoms with van der Waals surface area (Å²) in [5.41, 5.74) is 2.10. The highest BCUT2D eigenvalue weighted by Crippen LogP contribution is 2.37. The number of nitrogens with two attached hydrogens (primary N) is 1. The van der Waals surface area contributed by atoms with Crippen LogP contribution in [0.25, 0.3) is 0 Å². The van der Waals surface area contributed by atoms with Crippen LogP contribution in [0, 0.1) is 10.1 Å². The summed E-state index contributed by atoms with van der Waals surface area (Å²) in [6, 6.07) is 3.97. The Hall–Kier alpha value is -1.97. The maximum atomic E-state index is 10.9. The average molecular weight is 361 g/mol. The molecule has 0 amide bonds. The topological polar surface area (TPSA) is 116 Å². The fourth-order valence-corrected chi connectivity index (χ4v) is 1.91. The molecular formula is C10H7BrClN5O3. The van der Waals surface area contributed by atoms with Crippen LogP contribution in [0.1, 0.15) is 0 Å². The monoisotopic (exact) mass is 359 g/mol. The van der Waals surface area contributed by atoms with E-state index in [4.69, 9.17) is 22.2 Å². The number of hydrogen-bond donors (Lipinski definition) is 2. The van der Waals surface area contributed by atoms with Gasteiger partial charge >= 0.3 is 5.69 Å². The molecule has 0 radical (unpaired) electrons. The van der Waals surface area contributed by atoms with E-state index in [1.165, 1.54) is 24.5 Å². The molecule has 0 bridgehead atoms. The van der Waals surface area contributed by atoms with Crippen LogP contribution in [0.15, 0.2) is 29.0 Å². The predicted molar refractivity (Wildman–Crippen MR) is 75.7 cm³/mol. The number of hydrogen-bond acceptors (Lipinski definition) is 7. The summed E-state index contributed by atoms with van der Waals surface area (Å²) in [6.45, 7) is 0. The van der Waals surface area contributed by atoms with Crippen LogP contribution < -0.4 is 16.0 Å². The highest BCUT2D eigenvalue weighted by Gasteiger charge is 2.19. The Bertz CT molecular complexity index is 669. The van der Waals surface area contributed by atoms with Gasteiger partial charge in [-0.2, -0.15) is 0 Å². The lowest BCUT2D eigenvalue weighted by Crippen LogP contribution is -2.10. The average Bonchev–Trinajstić information content (AvgIpc) is 2.41. The first-order valence-electron chi connectivity index (χ1n) is 5.12. The number of nitro benzene ring substituents is 1. The van der Waals surface area contributed by atoms with Gasteiger partial charge in [0, 0.05) is 17.2 Å². The SMILES string of the molecule is NNc1ncnc(Oc2cc(Cl)ccc2[N+](=O)[O-])c1Br. The molecule has 3 N–H and O–H groups in total. The van der Waals surface area contributed by atoms with Crippen LogP contribution in [-0.2, 0) is 0 Å². The van der Waals surface area contributed by atoms with Crippen molar-refractivity contribution in [2.24, 2.45) is 5.84 Å². The van der Waals surface area contributed by atoms with Gasteiger partial charge in [0.15, 0.2) is 5.82 Å². The lowest BCUT2D eigenvalue weighted by molar-refractivity contribution is -0.385. The Labute approximate surface area is 126 Å². The molecule has 20 heavy (non-hydrogen) atoms. The third-order valence-corrected chi connectivity index (χ3v) is 3.17. The van der Waals surface area contributed by atoms with Crippen molar-refractivity contribution in [2.45, 2.75) is 0 Å². The molecule has 1 heterocycles. The van der Waals surface area contributed by atoms with Crippen molar-refractivity contribution in [3.8, 4) is 11.6 Å². The van der Waals surface area contributed by atoms with Crippen LogP contribution in [0.4, 0.5) is 11.5 Å². The largest absolute Gasteiger partial charge is 0.430 e. The molecule has 0 aliphatic heterocycles. The van der Waals surface area contributed by atoms with Gasteiger partial charge in [-0.1, -0.05) is 11.6 Å². The van der Waals surface area contributed by atoms with Crippen molar-refractivity contribution < 1.29 is 9.66 Å². The van der Waals surface area contributed by atoms with Crippen LogP contribution >= 0.6 is 27.5 Å². The van der Waals surface area contributed by atoms with Gasteiger partial charge in [-0.05, 0) is 22.0 Å².